The summed E-state index contributed by atoms with van der Waals surface area (Å²) in [6.07, 6.45) is 1.70. The molecule has 0 radical (unpaired) electrons. The monoisotopic (exact) mass is 282 g/mol. The van der Waals surface area contributed by atoms with Crippen molar-refractivity contribution < 1.29 is 9.32 Å². The van der Waals surface area contributed by atoms with Gasteiger partial charge in [-0.05, 0) is 30.7 Å². The molecule has 6 nitrogen and oxygen atoms in total. The summed E-state index contributed by atoms with van der Waals surface area (Å²) in [4.78, 5) is 15.9. The molecule has 2 N–H and O–H groups in total. The van der Waals surface area contributed by atoms with Gasteiger partial charge < -0.3 is 9.84 Å². The average Bonchev–Trinajstić information content (AvgIpc) is 2.91. The summed E-state index contributed by atoms with van der Waals surface area (Å²) in [7, 11) is 0. The molecule has 0 saturated heterocycles. The number of rotatable bonds is 3. The van der Waals surface area contributed by atoms with E-state index in [-0.39, 0.29) is 12.6 Å². The van der Waals surface area contributed by atoms with E-state index < -0.39 is 0 Å². The molecule has 21 heavy (non-hydrogen) atoms. The highest BCUT2D eigenvalue weighted by Crippen LogP contribution is 2.17. The zero-order valence-corrected chi connectivity index (χ0v) is 11.5. The van der Waals surface area contributed by atoms with Gasteiger partial charge in [-0.3, -0.25) is 5.32 Å². The number of carbonyl (C=O) groups is 1. The van der Waals surface area contributed by atoms with E-state index in [1.807, 2.05) is 37.3 Å². The second-order valence-electron chi connectivity index (χ2n) is 4.65. The third kappa shape index (κ3) is 3.00. The van der Waals surface area contributed by atoms with Crippen molar-refractivity contribution >= 4 is 22.8 Å². The number of nitrogens with zero attached hydrogens (tertiary/aromatic N) is 2. The van der Waals surface area contributed by atoms with E-state index >= 15 is 0 Å². The fourth-order valence-electron chi connectivity index (χ4n) is 1.93. The standard InChI is InChI=1S/C15H14N4O2/c1-10-6-7-14(16-8-10)18-15(20)17-9-12-11-4-2-3-5-13(11)21-19-12/h2-8H,9H2,1H3,(H2,16,17,18,20). The number of aromatic nitrogens is 2. The molecule has 0 aliphatic rings. The second kappa shape index (κ2) is 5.62. The average molecular weight is 282 g/mol. The normalized spacial score (nSPS) is 10.5. The summed E-state index contributed by atoms with van der Waals surface area (Å²) < 4.78 is 5.18. The SMILES string of the molecule is Cc1ccc(NC(=O)NCc2noc3ccccc23)nc1. The van der Waals surface area contributed by atoms with E-state index in [2.05, 4.69) is 20.8 Å². The Morgan fingerprint density at radius 1 is 1.24 bits per heavy atom. The van der Waals surface area contributed by atoms with Gasteiger partial charge in [0.25, 0.3) is 0 Å². The number of benzene rings is 1. The van der Waals surface area contributed by atoms with Crippen molar-refractivity contribution in [3.8, 4) is 0 Å². The molecule has 3 aromatic rings. The molecular formula is C15H14N4O2. The third-order valence-corrected chi connectivity index (χ3v) is 3.02. The Balaban J connectivity index is 1.62. The van der Waals surface area contributed by atoms with Crippen LogP contribution in [0.5, 0.6) is 0 Å². The Labute approximate surface area is 121 Å². The van der Waals surface area contributed by atoms with Crippen LogP contribution in [-0.4, -0.2) is 16.2 Å². The lowest BCUT2D eigenvalue weighted by Gasteiger charge is -2.05. The van der Waals surface area contributed by atoms with Crippen LogP contribution in [0.2, 0.25) is 0 Å². The largest absolute Gasteiger partial charge is 0.356 e. The molecule has 0 saturated carbocycles. The molecule has 2 aromatic heterocycles. The first-order valence-corrected chi connectivity index (χ1v) is 6.53. The topological polar surface area (TPSA) is 80.0 Å². The van der Waals surface area contributed by atoms with Crippen molar-refractivity contribution in [3.05, 3.63) is 53.9 Å². The van der Waals surface area contributed by atoms with Gasteiger partial charge in [-0.15, -0.1) is 0 Å². The van der Waals surface area contributed by atoms with Crippen LogP contribution in [0.15, 0.2) is 47.1 Å². The minimum absolute atomic E-state index is 0.286. The Bertz CT molecular complexity index is 765. The van der Waals surface area contributed by atoms with Crippen molar-refractivity contribution in [2.45, 2.75) is 13.5 Å². The van der Waals surface area contributed by atoms with E-state index in [4.69, 9.17) is 4.52 Å². The second-order valence-corrected chi connectivity index (χ2v) is 4.65. The summed E-state index contributed by atoms with van der Waals surface area (Å²) in [6, 6.07) is 10.8. The van der Waals surface area contributed by atoms with Gasteiger partial charge in [-0.1, -0.05) is 23.4 Å². The van der Waals surface area contributed by atoms with Crippen LogP contribution in [0.25, 0.3) is 11.0 Å². The highest BCUT2D eigenvalue weighted by Gasteiger charge is 2.09. The van der Waals surface area contributed by atoms with E-state index in [1.54, 1.807) is 12.3 Å². The highest BCUT2D eigenvalue weighted by atomic mass is 16.5. The number of fused-ring (bicyclic) bond motifs is 1. The Hall–Kier alpha value is -2.89. The van der Waals surface area contributed by atoms with Crippen molar-refractivity contribution in [2.24, 2.45) is 0 Å². The van der Waals surface area contributed by atoms with Gasteiger partial charge >= 0.3 is 6.03 Å². The van der Waals surface area contributed by atoms with Crippen LogP contribution in [0.1, 0.15) is 11.3 Å². The summed E-state index contributed by atoms with van der Waals surface area (Å²) in [5, 5.41) is 10.2. The Morgan fingerprint density at radius 2 is 2.10 bits per heavy atom. The molecule has 0 bridgehead atoms. The quantitative estimate of drug-likeness (QED) is 0.774. The van der Waals surface area contributed by atoms with Gasteiger partial charge in [0, 0.05) is 11.6 Å². The van der Waals surface area contributed by atoms with Gasteiger partial charge in [-0.25, -0.2) is 9.78 Å². The minimum Gasteiger partial charge on any atom is -0.356 e. The molecule has 6 heteroatoms. The molecule has 0 spiro atoms. The zero-order valence-electron chi connectivity index (χ0n) is 11.5. The van der Waals surface area contributed by atoms with Crippen LogP contribution < -0.4 is 10.6 Å². The van der Waals surface area contributed by atoms with Gasteiger partial charge in [0.15, 0.2) is 5.58 Å². The van der Waals surface area contributed by atoms with Crippen LogP contribution >= 0.6 is 0 Å². The number of carbonyl (C=O) groups excluding carboxylic acids is 1. The number of anilines is 1. The zero-order chi connectivity index (χ0) is 14.7. The first kappa shape index (κ1) is 13.1. The number of hydrogen-bond acceptors (Lipinski definition) is 4. The number of hydrogen-bond donors (Lipinski definition) is 2. The maximum absolute atomic E-state index is 11.8. The maximum Gasteiger partial charge on any atom is 0.320 e. The van der Waals surface area contributed by atoms with Crippen LogP contribution in [0, 0.1) is 6.92 Å². The van der Waals surface area contributed by atoms with Gasteiger partial charge in [0.1, 0.15) is 11.5 Å². The Kier molecular flexibility index (Phi) is 3.51. The predicted octanol–water partition coefficient (Wildman–Crippen LogP) is 2.85. The van der Waals surface area contributed by atoms with Gasteiger partial charge in [0.05, 0.1) is 6.54 Å². The molecule has 0 fully saturated rings. The third-order valence-electron chi connectivity index (χ3n) is 3.02. The number of amides is 2. The first-order valence-electron chi connectivity index (χ1n) is 6.53. The molecule has 3 rings (SSSR count). The summed E-state index contributed by atoms with van der Waals surface area (Å²) >= 11 is 0. The summed E-state index contributed by atoms with van der Waals surface area (Å²) in [5.74, 6) is 0.503. The fraction of sp³-hybridized carbons (Fsp3) is 0.133. The van der Waals surface area contributed by atoms with Crippen molar-refractivity contribution in [3.63, 3.8) is 0 Å². The van der Waals surface area contributed by atoms with Crippen molar-refractivity contribution in [2.75, 3.05) is 5.32 Å². The molecule has 0 atom stereocenters. The van der Waals surface area contributed by atoms with E-state index in [0.29, 0.717) is 17.1 Å². The molecule has 0 aliphatic carbocycles. The lowest BCUT2D eigenvalue weighted by Crippen LogP contribution is -2.28. The highest BCUT2D eigenvalue weighted by molar-refractivity contribution is 5.88. The lowest BCUT2D eigenvalue weighted by molar-refractivity contribution is 0.251. The first-order chi connectivity index (χ1) is 10.2. The minimum atomic E-state index is -0.335. The molecule has 0 aliphatic heterocycles. The molecule has 0 unspecified atom stereocenters. The van der Waals surface area contributed by atoms with Gasteiger partial charge in [0.2, 0.25) is 0 Å². The van der Waals surface area contributed by atoms with E-state index in [0.717, 1.165) is 10.9 Å². The summed E-state index contributed by atoms with van der Waals surface area (Å²) in [5.41, 5.74) is 2.43. The molecular weight excluding hydrogens is 268 g/mol. The van der Waals surface area contributed by atoms with E-state index in [1.165, 1.54) is 0 Å². The van der Waals surface area contributed by atoms with Crippen LogP contribution in [0.4, 0.5) is 10.6 Å². The van der Waals surface area contributed by atoms with Gasteiger partial charge in [-0.2, -0.15) is 0 Å². The molecule has 2 heterocycles. The molecule has 1 aromatic carbocycles. The summed E-state index contributed by atoms with van der Waals surface area (Å²) in [6.45, 7) is 2.22. The maximum atomic E-state index is 11.8. The lowest BCUT2D eigenvalue weighted by atomic mass is 10.2. The van der Waals surface area contributed by atoms with E-state index in [9.17, 15) is 4.79 Å². The fourth-order valence-corrected chi connectivity index (χ4v) is 1.93. The number of pyridine rings is 1. The van der Waals surface area contributed by atoms with Crippen LogP contribution in [0.3, 0.4) is 0 Å². The number of aryl methyl sites for hydroxylation is 1. The number of para-hydroxylation sites is 1. The van der Waals surface area contributed by atoms with Crippen molar-refractivity contribution in [1.82, 2.24) is 15.5 Å². The van der Waals surface area contributed by atoms with Crippen LogP contribution in [-0.2, 0) is 6.54 Å². The molecule has 106 valence electrons. The number of nitrogens with one attached hydrogen (secondary N) is 2. The van der Waals surface area contributed by atoms with Crippen molar-refractivity contribution in [1.29, 1.82) is 0 Å². The number of urea groups is 1. The smallest absolute Gasteiger partial charge is 0.320 e. The Morgan fingerprint density at radius 3 is 2.90 bits per heavy atom. The molecule has 2 amide bonds. The predicted molar refractivity (Wildman–Crippen MR) is 78.8 cm³/mol.